The summed E-state index contributed by atoms with van der Waals surface area (Å²) in [6.45, 7) is 2.56. The van der Waals surface area contributed by atoms with Crippen LogP contribution in [0, 0.1) is 6.92 Å². The van der Waals surface area contributed by atoms with Crippen molar-refractivity contribution < 1.29 is 14.3 Å². The number of imidazole rings is 1. The molecule has 1 N–H and O–H groups in total. The minimum absolute atomic E-state index is 0. The highest BCUT2D eigenvalue weighted by Crippen LogP contribution is 2.25. The van der Waals surface area contributed by atoms with E-state index in [0.29, 0.717) is 12.1 Å². The maximum Gasteiger partial charge on any atom is 0.325 e. The van der Waals surface area contributed by atoms with E-state index in [-0.39, 0.29) is 36.6 Å². The van der Waals surface area contributed by atoms with Crippen molar-refractivity contribution in [2.24, 2.45) is 14.1 Å². The second-order valence-corrected chi connectivity index (χ2v) is 8.88. The van der Waals surface area contributed by atoms with Crippen molar-refractivity contribution in [3.63, 3.8) is 0 Å². The number of carbonyl (C=O) groups is 1. The second kappa shape index (κ2) is 11.2. The van der Waals surface area contributed by atoms with E-state index in [2.05, 4.69) is 5.32 Å². The van der Waals surface area contributed by atoms with Crippen LogP contribution >= 0.6 is 12.4 Å². The first-order valence-electron chi connectivity index (χ1n) is 11.4. The fraction of sp³-hybridized carbons (Fsp3) is 0.480. The minimum Gasteiger partial charge on any atom is -0.461 e. The van der Waals surface area contributed by atoms with Crippen LogP contribution in [0.15, 0.2) is 35.3 Å². The molecular formula is C25H33ClN4O4. The van der Waals surface area contributed by atoms with Crippen molar-refractivity contribution in [2.75, 3.05) is 13.7 Å². The minimum atomic E-state index is -0.515. The van der Waals surface area contributed by atoms with E-state index < -0.39 is 6.04 Å². The molecule has 0 radical (unpaired) electrons. The predicted molar refractivity (Wildman–Crippen MR) is 134 cm³/mol. The third-order valence-corrected chi connectivity index (χ3v) is 6.32. The lowest BCUT2D eigenvalue weighted by atomic mass is 10.2. The molecule has 0 saturated heterocycles. The molecule has 0 spiro atoms. The highest BCUT2D eigenvalue weighted by atomic mass is 35.5. The van der Waals surface area contributed by atoms with Gasteiger partial charge in [0, 0.05) is 45.1 Å². The average Bonchev–Trinajstić information content (AvgIpc) is 3.42. The van der Waals surface area contributed by atoms with Crippen LogP contribution in [-0.4, -0.2) is 45.9 Å². The Morgan fingerprint density at radius 1 is 1.24 bits per heavy atom. The van der Waals surface area contributed by atoms with Crippen molar-refractivity contribution in [1.29, 1.82) is 0 Å². The van der Waals surface area contributed by atoms with Crippen molar-refractivity contribution in [1.82, 2.24) is 19.4 Å². The fourth-order valence-corrected chi connectivity index (χ4v) is 4.48. The molecule has 34 heavy (non-hydrogen) atoms. The Kier molecular flexibility index (Phi) is 8.52. The SMILES string of the molecule is COC[C@H](NCc1ccc2c(c1)nc(-c1cc(C)c(=O)n(C)c1)n2C)C(=O)OC1CCCC1.Cl. The van der Waals surface area contributed by atoms with Gasteiger partial charge in [0.1, 0.15) is 18.0 Å². The monoisotopic (exact) mass is 488 g/mol. The lowest BCUT2D eigenvalue weighted by molar-refractivity contribution is -0.152. The second-order valence-electron chi connectivity index (χ2n) is 8.88. The molecule has 0 bridgehead atoms. The highest BCUT2D eigenvalue weighted by molar-refractivity contribution is 5.85. The molecule has 1 aliphatic rings. The quantitative estimate of drug-likeness (QED) is 0.490. The number of aromatic nitrogens is 3. The Hall–Kier alpha value is -2.68. The Labute approximate surface area is 205 Å². The largest absolute Gasteiger partial charge is 0.461 e. The van der Waals surface area contributed by atoms with Gasteiger partial charge in [0.15, 0.2) is 0 Å². The lowest BCUT2D eigenvalue weighted by Crippen LogP contribution is -2.42. The Bertz CT molecular complexity index is 1190. The summed E-state index contributed by atoms with van der Waals surface area (Å²) in [5.74, 6) is 0.543. The van der Waals surface area contributed by atoms with Crippen LogP contribution < -0.4 is 10.9 Å². The Morgan fingerprint density at radius 2 is 1.97 bits per heavy atom. The molecule has 2 heterocycles. The van der Waals surface area contributed by atoms with Gasteiger partial charge in [-0.3, -0.25) is 14.9 Å². The van der Waals surface area contributed by atoms with Crippen LogP contribution in [0.2, 0.25) is 0 Å². The normalized spacial score (nSPS) is 14.8. The van der Waals surface area contributed by atoms with Crippen LogP contribution in [0.4, 0.5) is 0 Å². The first kappa shape index (κ1) is 25.9. The number of hydrogen-bond donors (Lipinski definition) is 1. The summed E-state index contributed by atoms with van der Waals surface area (Å²) in [5.41, 5.74) is 4.43. The summed E-state index contributed by atoms with van der Waals surface area (Å²) in [6.07, 6.45) is 5.96. The van der Waals surface area contributed by atoms with Gasteiger partial charge in [-0.15, -0.1) is 12.4 Å². The summed E-state index contributed by atoms with van der Waals surface area (Å²) in [4.78, 5) is 29.5. The summed E-state index contributed by atoms with van der Waals surface area (Å²) < 4.78 is 14.5. The number of hydrogen-bond acceptors (Lipinski definition) is 6. The number of fused-ring (bicyclic) bond motifs is 1. The number of pyridine rings is 1. The molecule has 0 unspecified atom stereocenters. The summed E-state index contributed by atoms with van der Waals surface area (Å²) in [6, 6.07) is 7.43. The number of esters is 1. The fourth-order valence-electron chi connectivity index (χ4n) is 4.48. The first-order valence-corrected chi connectivity index (χ1v) is 11.4. The Balaban J connectivity index is 0.00000324. The number of aryl methyl sites for hydroxylation is 3. The van der Waals surface area contributed by atoms with Crippen molar-refractivity contribution in [2.45, 2.75) is 51.3 Å². The maximum atomic E-state index is 12.6. The molecule has 1 saturated carbocycles. The lowest BCUT2D eigenvalue weighted by Gasteiger charge is -2.19. The zero-order valence-electron chi connectivity index (χ0n) is 20.2. The molecule has 9 heteroatoms. The molecule has 0 amide bonds. The maximum absolute atomic E-state index is 12.6. The zero-order valence-corrected chi connectivity index (χ0v) is 21.0. The molecule has 1 fully saturated rings. The zero-order chi connectivity index (χ0) is 23.5. The number of rotatable bonds is 8. The first-order chi connectivity index (χ1) is 15.9. The molecule has 1 atom stereocenters. The van der Waals surface area contributed by atoms with E-state index >= 15 is 0 Å². The molecule has 8 nitrogen and oxygen atoms in total. The van der Waals surface area contributed by atoms with Gasteiger partial charge in [-0.05, 0) is 56.4 Å². The summed E-state index contributed by atoms with van der Waals surface area (Å²) in [5, 5.41) is 3.28. The smallest absolute Gasteiger partial charge is 0.325 e. The molecular weight excluding hydrogens is 456 g/mol. The van der Waals surface area contributed by atoms with E-state index in [0.717, 1.165) is 53.7 Å². The van der Waals surface area contributed by atoms with E-state index in [1.165, 1.54) is 0 Å². The molecule has 0 aliphatic heterocycles. The molecule has 4 rings (SSSR count). The van der Waals surface area contributed by atoms with Gasteiger partial charge in [0.2, 0.25) is 0 Å². The third kappa shape index (κ3) is 5.51. The summed E-state index contributed by atoms with van der Waals surface area (Å²) >= 11 is 0. The van der Waals surface area contributed by atoms with Gasteiger partial charge in [0.25, 0.3) is 5.56 Å². The topological polar surface area (TPSA) is 87.4 Å². The van der Waals surface area contributed by atoms with Crippen LogP contribution in [0.25, 0.3) is 22.4 Å². The molecule has 3 aromatic rings. The number of nitrogens with one attached hydrogen (secondary N) is 1. The number of methoxy groups -OCH3 is 1. The van der Waals surface area contributed by atoms with Crippen LogP contribution in [0.3, 0.4) is 0 Å². The molecule has 1 aromatic carbocycles. The van der Waals surface area contributed by atoms with Gasteiger partial charge in [0.05, 0.1) is 17.6 Å². The molecule has 184 valence electrons. The van der Waals surface area contributed by atoms with E-state index in [9.17, 15) is 9.59 Å². The van der Waals surface area contributed by atoms with Gasteiger partial charge >= 0.3 is 5.97 Å². The molecule has 1 aliphatic carbocycles. The summed E-state index contributed by atoms with van der Waals surface area (Å²) in [7, 11) is 5.30. The van der Waals surface area contributed by atoms with Gasteiger partial charge in [-0.1, -0.05) is 6.07 Å². The highest BCUT2D eigenvalue weighted by Gasteiger charge is 2.25. The Morgan fingerprint density at radius 3 is 2.65 bits per heavy atom. The van der Waals surface area contributed by atoms with Gasteiger partial charge < -0.3 is 18.6 Å². The van der Waals surface area contributed by atoms with E-state index in [4.69, 9.17) is 14.5 Å². The van der Waals surface area contributed by atoms with E-state index in [1.807, 2.05) is 49.0 Å². The van der Waals surface area contributed by atoms with Crippen molar-refractivity contribution in [3.05, 3.63) is 51.9 Å². The standard InChI is InChI=1S/C25H32N4O4.ClH/c1-16-11-18(14-28(2)24(16)30)23-27-20-12-17(9-10-22(20)29(23)3)13-26-21(15-32-4)25(31)33-19-7-5-6-8-19;/h9-12,14,19,21,26H,5-8,13,15H2,1-4H3;1H/t21-;/m0./s1. The van der Waals surface area contributed by atoms with Crippen LogP contribution in [0.1, 0.15) is 36.8 Å². The van der Waals surface area contributed by atoms with Crippen LogP contribution in [-0.2, 0) is 34.9 Å². The van der Waals surface area contributed by atoms with Gasteiger partial charge in [-0.25, -0.2) is 4.98 Å². The number of benzene rings is 1. The van der Waals surface area contributed by atoms with Crippen LogP contribution in [0.5, 0.6) is 0 Å². The number of nitrogens with zero attached hydrogens (tertiary/aromatic N) is 3. The van der Waals surface area contributed by atoms with Gasteiger partial charge in [-0.2, -0.15) is 0 Å². The average molecular weight is 489 g/mol. The van der Waals surface area contributed by atoms with E-state index in [1.54, 1.807) is 18.7 Å². The van der Waals surface area contributed by atoms with Crippen molar-refractivity contribution >= 4 is 29.4 Å². The third-order valence-electron chi connectivity index (χ3n) is 6.32. The predicted octanol–water partition coefficient (Wildman–Crippen LogP) is 3.26. The number of carbonyl (C=O) groups excluding carboxylic acids is 1. The number of halogens is 1. The number of ether oxygens (including phenoxy) is 2. The molecule has 2 aromatic heterocycles. The van der Waals surface area contributed by atoms with Crippen molar-refractivity contribution in [3.8, 4) is 11.4 Å².